The molecule has 3 aromatic rings. The Bertz CT molecular complexity index is 1200. The third kappa shape index (κ3) is 5.97. The van der Waals surface area contributed by atoms with E-state index < -0.39 is 10.0 Å². The minimum absolute atomic E-state index is 0.0787. The van der Waals surface area contributed by atoms with Crippen molar-refractivity contribution < 1.29 is 13.2 Å². The highest BCUT2D eigenvalue weighted by Crippen LogP contribution is 2.22. The summed E-state index contributed by atoms with van der Waals surface area (Å²) in [5.74, 6) is -0.277. The summed E-state index contributed by atoms with van der Waals surface area (Å²) in [6, 6.07) is 14.1. The van der Waals surface area contributed by atoms with Crippen LogP contribution in [0.15, 0.2) is 48.5 Å². The van der Waals surface area contributed by atoms with Crippen LogP contribution in [0.2, 0.25) is 5.02 Å². The molecule has 0 fully saturated rings. The fourth-order valence-corrected chi connectivity index (χ4v) is 4.84. The SMILES string of the molecule is Cc1nn(-c2ccc(C(=O)NCc3ccc(CS(=O)(=O)NC(C)C)cc3)cc2)c(C)c1Cl. The maximum atomic E-state index is 12.5. The Hall–Kier alpha value is -2.68. The Kier molecular flexibility index (Phi) is 7.38. The number of rotatable bonds is 8. The van der Waals surface area contributed by atoms with Crippen LogP contribution in [-0.2, 0) is 22.3 Å². The van der Waals surface area contributed by atoms with Crippen LogP contribution in [0.25, 0.3) is 5.69 Å². The smallest absolute Gasteiger partial charge is 0.251 e. The van der Waals surface area contributed by atoms with Crippen LogP contribution in [0, 0.1) is 13.8 Å². The number of hydrogen-bond acceptors (Lipinski definition) is 4. The van der Waals surface area contributed by atoms with E-state index in [4.69, 9.17) is 11.6 Å². The summed E-state index contributed by atoms with van der Waals surface area (Å²) < 4.78 is 28.4. The molecule has 0 aliphatic carbocycles. The van der Waals surface area contributed by atoms with Gasteiger partial charge in [0.05, 0.1) is 27.9 Å². The normalized spacial score (nSPS) is 11.7. The van der Waals surface area contributed by atoms with Crippen molar-refractivity contribution in [2.75, 3.05) is 0 Å². The third-order valence-corrected chi connectivity index (χ3v) is 6.92. The van der Waals surface area contributed by atoms with Crippen molar-refractivity contribution in [3.05, 3.63) is 81.6 Å². The van der Waals surface area contributed by atoms with E-state index in [2.05, 4.69) is 15.1 Å². The summed E-state index contributed by atoms with van der Waals surface area (Å²) in [6.45, 7) is 7.65. The molecule has 0 radical (unpaired) electrons. The molecular weight excluding hydrogens is 448 g/mol. The largest absolute Gasteiger partial charge is 0.348 e. The van der Waals surface area contributed by atoms with Crippen LogP contribution in [0.3, 0.4) is 0 Å². The van der Waals surface area contributed by atoms with E-state index in [0.717, 1.165) is 22.6 Å². The summed E-state index contributed by atoms with van der Waals surface area (Å²) in [5, 5.41) is 7.93. The molecule has 0 saturated carbocycles. The molecule has 0 spiro atoms. The van der Waals surface area contributed by atoms with Crippen molar-refractivity contribution in [1.82, 2.24) is 19.8 Å². The molecule has 0 aliphatic rings. The maximum absolute atomic E-state index is 12.5. The molecule has 0 unspecified atom stereocenters. The van der Waals surface area contributed by atoms with Crippen molar-refractivity contribution in [2.45, 2.75) is 46.0 Å². The van der Waals surface area contributed by atoms with Gasteiger partial charge in [0.25, 0.3) is 5.91 Å². The van der Waals surface area contributed by atoms with Gasteiger partial charge in [0.2, 0.25) is 10.0 Å². The average molecular weight is 475 g/mol. The number of nitrogens with one attached hydrogen (secondary N) is 2. The van der Waals surface area contributed by atoms with Gasteiger partial charge in [-0.3, -0.25) is 4.79 Å². The van der Waals surface area contributed by atoms with Crippen LogP contribution in [0.4, 0.5) is 0 Å². The third-order valence-electron chi connectivity index (χ3n) is 4.83. The summed E-state index contributed by atoms with van der Waals surface area (Å²) in [7, 11) is -3.37. The number of aromatic nitrogens is 2. The first-order chi connectivity index (χ1) is 15.1. The molecule has 1 amide bonds. The van der Waals surface area contributed by atoms with Gasteiger partial charge in [-0.25, -0.2) is 17.8 Å². The molecule has 0 aliphatic heterocycles. The highest BCUT2D eigenvalue weighted by molar-refractivity contribution is 7.88. The monoisotopic (exact) mass is 474 g/mol. The van der Waals surface area contributed by atoms with Gasteiger partial charge in [0, 0.05) is 18.2 Å². The average Bonchev–Trinajstić information content (AvgIpc) is 2.99. The Morgan fingerprint density at radius 3 is 2.16 bits per heavy atom. The highest BCUT2D eigenvalue weighted by atomic mass is 35.5. The summed E-state index contributed by atoms with van der Waals surface area (Å²) >= 11 is 6.21. The van der Waals surface area contributed by atoms with Crippen LogP contribution in [0.5, 0.6) is 0 Å². The minimum atomic E-state index is -3.37. The zero-order chi connectivity index (χ0) is 23.5. The van der Waals surface area contributed by atoms with Gasteiger partial charge in [-0.2, -0.15) is 5.10 Å². The fraction of sp³-hybridized carbons (Fsp3) is 0.304. The van der Waals surface area contributed by atoms with E-state index in [0.29, 0.717) is 22.7 Å². The van der Waals surface area contributed by atoms with Crippen LogP contribution in [-0.4, -0.2) is 30.1 Å². The van der Waals surface area contributed by atoms with Crippen LogP contribution < -0.4 is 10.0 Å². The van der Waals surface area contributed by atoms with Crippen molar-refractivity contribution >= 4 is 27.5 Å². The molecule has 3 rings (SSSR count). The molecule has 9 heteroatoms. The number of carbonyl (C=O) groups excluding carboxylic acids is 1. The van der Waals surface area contributed by atoms with Gasteiger partial charge in [-0.15, -0.1) is 0 Å². The number of amides is 1. The first kappa shape index (κ1) is 24.0. The van der Waals surface area contributed by atoms with E-state index in [9.17, 15) is 13.2 Å². The molecule has 1 aromatic heterocycles. The van der Waals surface area contributed by atoms with Crippen molar-refractivity contribution in [1.29, 1.82) is 0 Å². The van der Waals surface area contributed by atoms with Gasteiger partial charge >= 0.3 is 0 Å². The Balaban J connectivity index is 1.59. The lowest BCUT2D eigenvalue weighted by atomic mass is 10.1. The fourth-order valence-electron chi connectivity index (χ4n) is 3.29. The lowest BCUT2D eigenvalue weighted by Gasteiger charge is -2.10. The molecule has 7 nitrogen and oxygen atoms in total. The molecule has 170 valence electrons. The summed E-state index contributed by atoms with van der Waals surface area (Å²) in [4.78, 5) is 12.5. The van der Waals surface area contributed by atoms with Crippen molar-refractivity contribution in [3.63, 3.8) is 0 Å². The number of benzene rings is 2. The predicted molar refractivity (Wildman–Crippen MR) is 127 cm³/mol. The lowest BCUT2D eigenvalue weighted by molar-refractivity contribution is 0.0951. The van der Waals surface area contributed by atoms with Gasteiger partial charge in [0.1, 0.15) is 0 Å². The molecule has 0 saturated heterocycles. The Labute approximate surface area is 193 Å². The van der Waals surface area contributed by atoms with E-state index in [1.807, 2.05) is 38.1 Å². The molecule has 0 bridgehead atoms. The number of nitrogens with zero attached hydrogens (tertiary/aromatic N) is 2. The second-order valence-electron chi connectivity index (χ2n) is 7.97. The number of aryl methyl sites for hydroxylation is 1. The number of carbonyl (C=O) groups is 1. The second kappa shape index (κ2) is 9.85. The Morgan fingerprint density at radius 2 is 1.62 bits per heavy atom. The van der Waals surface area contributed by atoms with Gasteiger partial charge in [-0.1, -0.05) is 35.9 Å². The zero-order valence-corrected chi connectivity index (χ0v) is 20.1. The molecule has 0 atom stereocenters. The minimum Gasteiger partial charge on any atom is -0.348 e. The second-order valence-corrected chi connectivity index (χ2v) is 10.1. The van der Waals surface area contributed by atoms with Crippen LogP contribution in [0.1, 0.15) is 46.7 Å². The lowest BCUT2D eigenvalue weighted by Crippen LogP contribution is -2.31. The predicted octanol–water partition coefficient (Wildman–Crippen LogP) is 3.90. The van der Waals surface area contributed by atoms with E-state index in [-0.39, 0.29) is 17.7 Å². The summed E-state index contributed by atoms with van der Waals surface area (Å²) in [6.07, 6.45) is 0. The standard InChI is InChI=1S/C23H27ClN4O3S/c1-15(2)27-32(30,31)14-19-7-5-18(6-8-19)13-25-23(29)20-9-11-21(12-10-20)28-17(4)22(24)16(3)26-28/h5-12,15,27H,13-14H2,1-4H3,(H,25,29). The van der Waals surface area contributed by atoms with E-state index in [1.54, 1.807) is 42.8 Å². The summed E-state index contributed by atoms with van der Waals surface area (Å²) in [5.41, 5.74) is 4.53. The van der Waals surface area contributed by atoms with Crippen molar-refractivity contribution in [3.8, 4) is 5.69 Å². The van der Waals surface area contributed by atoms with Gasteiger partial charge < -0.3 is 5.32 Å². The Morgan fingerprint density at radius 1 is 1.03 bits per heavy atom. The molecule has 2 N–H and O–H groups in total. The number of sulfonamides is 1. The molecule has 2 aromatic carbocycles. The highest BCUT2D eigenvalue weighted by Gasteiger charge is 2.14. The van der Waals surface area contributed by atoms with E-state index >= 15 is 0 Å². The zero-order valence-electron chi connectivity index (χ0n) is 18.5. The van der Waals surface area contributed by atoms with Crippen LogP contribution >= 0.6 is 11.6 Å². The van der Waals surface area contributed by atoms with Gasteiger partial charge in [-0.05, 0) is 63.1 Å². The molecule has 32 heavy (non-hydrogen) atoms. The molecular formula is C23H27ClN4O3S. The number of halogens is 1. The maximum Gasteiger partial charge on any atom is 0.251 e. The first-order valence-corrected chi connectivity index (χ1v) is 12.3. The van der Waals surface area contributed by atoms with Crippen molar-refractivity contribution in [2.24, 2.45) is 0 Å². The first-order valence-electron chi connectivity index (χ1n) is 10.2. The quantitative estimate of drug-likeness (QED) is 0.517. The van der Waals surface area contributed by atoms with E-state index in [1.165, 1.54) is 0 Å². The number of hydrogen-bond donors (Lipinski definition) is 2. The van der Waals surface area contributed by atoms with Gasteiger partial charge in [0.15, 0.2) is 0 Å². The molecule has 1 heterocycles. The topological polar surface area (TPSA) is 93.1 Å².